The van der Waals surface area contributed by atoms with E-state index in [1.807, 2.05) is 44.2 Å². The third kappa shape index (κ3) is 2.82. The summed E-state index contributed by atoms with van der Waals surface area (Å²) in [5.74, 6) is 3.98. The van der Waals surface area contributed by atoms with Gasteiger partial charge in [0.1, 0.15) is 0 Å². The Labute approximate surface area is 124 Å². The molecule has 112 valence electrons. The second kappa shape index (κ2) is 5.92. The Bertz CT molecular complexity index is 624. The second-order valence-corrected chi connectivity index (χ2v) is 5.79. The van der Waals surface area contributed by atoms with Gasteiger partial charge in [0.2, 0.25) is 0 Å². The summed E-state index contributed by atoms with van der Waals surface area (Å²) in [5, 5.41) is 0. The van der Waals surface area contributed by atoms with E-state index in [4.69, 9.17) is 5.84 Å². The standard InChI is InChI=1S/C17H20F2N2/c1-11-9-10-13(15(19)14(11)18)16(21-20)17(2,3)12-7-5-4-6-8-12/h4-10,16,21H,20H2,1-3H3. The molecule has 0 bridgehead atoms. The quantitative estimate of drug-likeness (QED) is 0.664. The van der Waals surface area contributed by atoms with Crippen molar-refractivity contribution in [1.29, 1.82) is 0 Å². The van der Waals surface area contributed by atoms with Gasteiger partial charge < -0.3 is 0 Å². The van der Waals surface area contributed by atoms with Crippen LogP contribution in [0.4, 0.5) is 8.78 Å². The maximum absolute atomic E-state index is 14.3. The Hall–Kier alpha value is -1.78. The van der Waals surface area contributed by atoms with Crippen LogP contribution in [0.5, 0.6) is 0 Å². The fourth-order valence-electron chi connectivity index (χ4n) is 2.61. The number of hydrogen-bond donors (Lipinski definition) is 2. The van der Waals surface area contributed by atoms with E-state index in [-0.39, 0.29) is 11.1 Å². The highest BCUT2D eigenvalue weighted by Gasteiger charge is 2.34. The van der Waals surface area contributed by atoms with Crippen molar-refractivity contribution in [2.24, 2.45) is 5.84 Å². The minimum absolute atomic E-state index is 0.231. The summed E-state index contributed by atoms with van der Waals surface area (Å²) in [4.78, 5) is 0. The predicted molar refractivity (Wildman–Crippen MR) is 80.6 cm³/mol. The second-order valence-electron chi connectivity index (χ2n) is 5.79. The normalized spacial score (nSPS) is 13.2. The van der Waals surface area contributed by atoms with Gasteiger partial charge >= 0.3 is 0 Å². The third-order valence-electron chi connectivity index (χ3n) is 4.02. The van der Waals surface area contributed by atoms with Gasteiger partial charge in [-0.1, -0.05) is 56.3 Å². The van der Waals surface area contributed by atoms with Crippen LogP contribution >= 0.6 is 0 Å². The molecule has 3 N–H and O–H groups in total. The number of nitrogens with one attached hydrogen (secondary N) is 1. The van der Waals surface area contributed by atoms with Crippen molar-refractivity contribution in [2.75, 3.05) is 0 Å². The van der Waals surface area contributed by atoms with E-state index in [2.05, 4.69) is 5.43 Å². The van der Waals surface area contributed by atoms with Gasteiger partial charge in [0, 0.05) is 11.0 Å². The molecule has 0 saturated carbocycles. The SMILES string of the molecule is Cc1ccc(C(NN)C(C)(C)c2ccccc2)c(F)c1F. The average molecular weight is 290 g/mol. The van der Waals surface area contributed by atoms with Crippen LogP contribution in [0.2, 0.25) is 0 Å². The number of aryl methyl sites for hydroxylation is 1. The van der Waals surface area contributed by atoms with Crippen LogP contribution in [0, 0.1) is 18.6 Å². The van der Waals surface area contributed by atoms with E-state index in [1.54, 1.807) is 12.1 Å². The molecule has 2 aromatic rings. The van der Waals surface area contributed by atoms with Crippen molar-refractivity contribution in [3.8, 4) is 0 Å². The summed E-state index contributed by atoms with van der Waals surface area (Å²) in [6, 6.07) is 12.3. The molecule has 0 aliphatic rings. The van der Waals surface area contributed by atoms with Gasteiger partial charge in [0.25, 0.3) is 0 Å². The number of hydrazine groups is 1. The highest BCUT2D eigenvalue weighted by Crippen LogP contribution is 2.38. The van der Waals surface area contributed by atoms with Crippen LogP contribution in [0.1, 0.15) is 36.6 Å². The lowest BCUT2D eigenvalue weighted by Crippen LogP contribution is -2.41. The molecule has 0 aromatic heterocycles. The number of benzene rings is 2. The van der Waals surface area contributed by atoms with Crippen LogP contribution < -0.4 is 11.3 Å². The lowest BCUT2D eigenvalue weighted by Gasteiger charge is -2.35. The number of halogens is 2. The lowest BCUT2D eigenvalue weighted by molar-refractivity contribution is 0.337. The summed E-state index contributed by atoms with van der Waals surface area (Å²) >= 11 is 0. The Kier molecular flexibility index (Phi) is 4.40. The Balaban J connectivity index is 2.52. The molecular weight excluding hydrogens is 270 g/mol. The summed E-state index contributed by atoms with van der Waals surface area (Å²) in [6.07, 6.45) is 0. The van der Waals surface area contributed by atoms with Gasteiger partial charge in [-0.3, -0.25) is 11.3 Å². The van der Waals surface area contributed by atoms with Gasteiger partial charge in [0.15, 0.2) is 11.6 Å². The maximum atomic E-state index is 14.3. The van der Waals surface area contributed by atoms with E-state index >= 15 is 0 Å². The minimum atomic E-state index is -0.845. The molecule has 2 nitrogen and oxygen atoms in total. The van der Waals surface area contributed by atoms with Crippen molar-refractivity contribution >= 4 is 0 Å². The van der Waals surface area contributed by atoms with Crippen LogP contribution in [0.3, 0.4) is 0 Å². The van der Waals surface area contributed by atoms with Gasteiger partial charge in [-0.05, 0) is 18.1 Å². The average Bonchev–Trinajstić information content (AvgIpc) is 2.48. The fraction of sp³-hybridized carbons (Fsp3) is 0.294. The van der Waals surface area contributed by atoms with E-state index in [0.717, 1.165) is 5.56 Å². The number of rotatable bonds is 4. The van der Waals surface area contributed by atoms with Crippen LogP contribution in [0.15, 0.2) is 42.5 Å². The summed E-state index contributed by atoms with van der Waals surface area (Å²) in [5.41, 5.74) is 3.64. The van der Waals surface area contributed by atoms with Crippen molar-refractivity contribution in [1.82, 2.24) is 5.43 Å². The first-order chi connectivity index (χ1) is 9.89. The molecule has 0 saturated heterocycles. The molecule has 4 heteroatoms. The molecule has 0 spiro atoms. The monoisotopic (exact) mass is 290 g/mol. The van der Waals surface area contributed by atoms with Crippen molar-refractivity contribution in [3.63, 3.8) is 0 Å². The van der Waals surface area contributed by atoms with Gasteiger partial charge in [-0.2, -0.15) is 0 Å². The Morgan fingerprint density at radius 3 is 2.19 bits per heavy atom. The maximum Gasteiger partial charge on any atom is 0.163 e. The van der Waals surface area contributed by atoms with Crippen LogP contribution in [-0.4, -0.2) is 0 Å². The molecule has 21 heavy (non-hydrogen) atoms. The zero-order valence-electron chi connectivity index (χ0n) is 12.5. The minimum Gasteiger partial charge on any atom is -0.271 e. The lowest BCUT2D eigenvalue weighted by atomic mass is 9.75. The Morgan fingerprint density at radius 2 is 1.62 bits per heavy atom. The molecule has 0 aliphatic carbocycles. The number of hydrogen-bond acceptors (Lipinski definition) is 2. The van der Waals surface area contributed by atoms with E-state index in [1.165, 1.54) is 6.92 Å². The van der Waals surface area contributed by atoms with Crippen LogP contribution in [0.25, 0.3) is 0 Å². The highest BCUT2D eigenvalue weighted by molar-refractivity contribution is 5.34. The van der Waals surface area contributed by atoms with Crippen LogP contribution in [-0.2, 0) is 5.41 Å². The predicted octanol–water partition coefficient (Wildman–Crippen LogP) is 3.76. The molecule has 0 heterocycles. The summed E-state index contributed by atoms with van der Waals surface area (Å²) in [7, 11) is 0. The molecule has 0 fully saturated rings. The smallest absolute Gasteiger partial charge is 0.163 e. The fourth-order valence-corrected chi connectivity index (χ4v) is 2.61. The van der Waals surface area contributed by atoms with E-state index < -0.39 is 23.1 Å². The topological polar surface area (TPSA) is 38.0 Å². The molecule has 1 unspecified atom stereocenters. The molecule has 0 radical (unpaired) electrons. The first-order valence-corrected chi connectivity index (χ1v) is 6.85. The van der Waals surface area contributed by atoms with E-state index in [0.29, 0.717) is 0 Å². The van der Waals surface area contributed by atoms with Crippen molar-refractivity contribution in [3.05, 3.63) is 70.8 Å². The zero-order valence-corrected chi connectivity index (χ0v) is 12.5. The molecule has 0 amide bonds. The molecular formula is C17H20F2N2. The van der Waals surface area contributed by atoms with Gasteiger partial charge in [-0.25, -0.2) is 8.78 Å². The summed E-state index contributed by atoms with van der Waals surface area (Å²) < 4.78 is 28.1. The van der Waals surface area contributed by atoms with Crippen molar-refractivity contribution in [2.45, 2.75) is 32.2 Å². The van der Waals surface area contributed by atoms with Gasteiger partial charge in [-0.15, -0.1) is 0 Å². The van der Waals surface area contributed by atoms with E-state index in [9.17, 15) is 8.78 Å². The third-order valence-corrected chi connectivity index (χ3v) is 4.02. The first kappa shape index (κ1) is 15.6. The zero-order chi connectivity index (χ0) is 15.6. The first-order valence-electron chi connectivity index (χ1n) is 6.85. The summed E-state index contributed by atoms with van der Waals surface area (Å²) in [6.45, 7) is 5.43. The van der Waals surface area contributed by atoms with Gasteiger partial charge in [0.05, 0.1) is 6.04 Å². The number of nitrogens with two attached hydrogens (primary N) is 1. The molecule has 2 aromatic carbocycles. The largest absolute Gasteiger partial charge is 0.271 e. The van der Waals surface area contributed by atoms with Crippen molar-refractivity contribution < 1.29 is 8.78 Å². The molecule has 0 aliphatic heterocycles. The molecule has 2 rings (SSSR count). The highest BCUT2D eigenvalue weighted by atomic mass is 19.2. The Morgan fingerprint density at radius 1 is 1.00 bits per heavy atom. The molecule has 1 atom stereocenters.